The van der Waals surface area contributed by atoms with E-state index in [1.165, 1.54) is 27.7 Å². The summed E-state index contributed by atoms with van der Waals surface area (Å²) in [5.74, 6) is 0. The first-order valence-corrected chi connectivity index (χ1v) is 6.75. The average Bonchev–Trinajstić information content (AvgIpc) is 2.69. The topological polar surface area (TPSA) is 143 Å². The van der Waals surface area contributed by atoms with E-state index < -0.39 is 0 Å². The third-order valence-corrected chi connectivity index (χ3v) is 2.21. The molecule has 25 heavy (non-hydrogen) atoms. The molecule has 1 aromatic heterocycles. The van der Waals surface area contributed by atoms with Crippen LogP contribution in [-0.2, 0) is 16.8 Å². The van der Waals surface area contributed by atoms with Gasteiger partial charge < -0.3 is 27.8 Å². The Morgan fingerprint density at radius 2 is 0.880 bits per heavy atom. The molecule has 1 radical (unpaired) electrons. The van der Waals surface area contributed by atoms with Crippen molar-refractivity contribution in [2.45, 2.75) is 34.6 Å². The van der Waals surface area contributed by atoms with Gasteiger partial charge in [-0.3, -0.25) is 4.98 Å². The summed E-state index contributed by atoms with van der Waals surface area (Å²) in [5, 5.41) is 43.3. The molecule has 0 aromatic carbocycles. The van der Waals surface area contributed by atoms with Gasteiger partial charge in [-0.1, -0.05) is 26.7 Å². The molecule has 0 unspecified atom stereocenters. The van der Waals surface area contributed by atoms with Crippen LogP contribution >= 0.6 is 0 Å². The molecule has 0 aliphatic heterocycles. The van der Waals surface area contributed by atoms with Gasteiger partial charge in [0.25, 0.3) is 0 Å². The van der Waals surface area contributed by atoms with Crippen molar-refractivity contribution in [1.82, 2.24) is 4.98 Å². The second-order valence-electron chi connectivity index (χ2n) is 3.77. The minimum Gasteiger partial charge on any atom is -0.411 e. The molecule has 4 N–H and O–H groups in total. The molecule has 0 saturated carbocycles. The SMILES string of the molecule is CC(=N\O)/C(C)=N/O.CC(=N\O)/C(C)=N/O.[CH2-]C.[Co].c1ccncc1. The molecule has 10 heteroatoms. The van der Waals surface area contributed by atoms with Crippen LogP contribution in [0.2, 0.25) is 0 Å². The molecule has 9 nitrogen and oxygen atoms in total. The van der Waals surface area contributed by atoms with Crippen LogP contribution in [0.3, 0.4) is 0 Å². The third kappa shape index (κ3) is 21.5. The van der Waals surface area contributed by atoms with Crippen LogP contribution in [-0.4, -0.2) is 48.7 Å². The first-order chi connectivity index (χ1) is 11.4. The maximum absolute atomic E-state index is 8.03. The van der Waals surface area contributed by atoms with E-state index in [9.17, 15) is 0 Å². The Hall–Kier alpha value is -2.46. The van der Waals surface area contributed by atoms with Crippen LogP contribution in [0.15, 0.2) is 51.2 Å². The molecule has 0 aliphatic carbocycles. The number of oxime groups is 4. The standard InChI is InChI=1S/C5H5N.2C4H8N2O2.C2H5.Co/c1-2-4-6-5-3-1;2*1-3(5-7)4(2)6-8;1-2;/h1-5H;2*7-8H,1-2H3;1H2,2H3;/q;;;-1;/b;2*5-3+,6-4+;;. The van der Waals surface area contributed by atoms with E-state index in [4.69, 9.17) is 20.8 Å². The molecule has 0 spiro atoms. The first-order valence-electron chi connectivity index (χ1n) is 6.75. The molecular formula is C15H26CoN5O4-. The number of nitrogens with zero attached hydrogens (tertiary/aromatic N) is 5. The summed E-state index contributed by atoms with van der Waals surface area (Å²) in [4.78, 5) is 3.78. The molecule has 1 aromatic rings. The molecule has 0 fully saturated rings. The zero-order valence-corrected chi connectivity index (χ0v) is 16.0. The predicted molar refractivity (Wildman–Crippen MR) is 94.9 cm³/mol. The van der Waals surface area contributed by atoms with Gasteiger partial charge >= 0.3 is 0 Å². The molecule has 0 saturated heterocycles. The Bertz CT molecular complexity index is 429. The van der Waals surface area contributed by atoms with Crippen molar-refractivity contribution in [3.63, 3.8) is 0 Å². The number of hydrogen-bond acceptors (Lipinski definition) is 9. The van der Waals surface area contributed by atoms with Crippen LogP contribution in [0.4, 0.5) is 0 Å². The Kier molecular flexibility index (Phi) is 29.0. The monoisotopic (exact) mass is 399 g/mol. The number of rotatable bonds is 2. The van der Waals surface area contributed by atoms with Crippen LogP contribution in [0.25, 0.3) is 0 Å². The fourth-order valence-electron chi connectivity index (χ4n) is 0.602. The summed E-state index contributed by atoms with van der Waals surface area (Å²) in [7, 11) is 0. The van der Waals surface area contributed by atoms with Gasteiger partial charge in [0, 0.05) is 29.2 Å². The van der Waals surface area contributed by atoms with Crippen molar-refractivity contribution in [3.05, 3.63) is 37.5 Å². The minimum atomic E-state index is 0. The summed E-state index contributed by atoms with van der Waals surface area (Å²) in [5.41, 5.74) is 1.25. The van der Waals surface area contributed by atoms with Gasteiger partial charge in [-0.25, -0.2) is 0 Å². The average molecular weight is 399 g/mol. The first kappa shape index (κ1) is 30.4. The summed E-state index contributed by atoms with van der Waals surface area (Å²) in [6.07, 6.45) is 3.50. The largest absolute Gasteiger partial charge is 0.411 e. The second kappa shape index (κ2) is 23.8. The molecule has 0 aliphatic rings. The number of aromatic nitrogens is 1. The van der Waals surface area contributed by atoms with Crippen molar-refractivity contribution < 1.29 is 37.6 Å². The Balaban J connectivity index is -0.000000124. The Morgan fingerprint density at radius 1 is 0.640 bits per heavy atom. The predicted octanol–water partition coefficient (Wildman–Crippen LogP) is 3.29. The molecule has 0 bridgehead atoms. The summed E-state index contributed by atoms with van der Waals surface area (Å²) >= 11 is 0. The van der Waals surface area contributed by atoms with E-state index in [2.05, 4.69) is 32.5 Å². The molecule has 0 atom stereocenters. The van der Waals surface area contributed by atoms with Gasteiger partial charge in [0.1, 0.15) is 22.8 Å². The van der Waals surface area contributed by atoms with Crippen LogP contribution < -0.4 is 0 Å². The minimum absolute atomic E-state index is 0. The van der Waals surface area contributed by atoms with Gasteiger partial charge in [-0.05, 0) is 39.8 Å². The van der Waals surface area contributed by atoms with Gasteiger partial charge in [0.05, 0.1) is 0 Å². The van der Waals surface area contributed by atoms with Gasteiger partial charge in [0.15, 0.2) is 0 Å². The number of hydrogen-bond donors (Lipinski definition) is 4. The fraction of sp³-hybridized carbons (Fsp3) is 0.333. The van der Waals surface area contributed by atoms with E-state index in [0.29, 0.717) is 22.8 Å². The third-order valence-electron chi connectivity index (χ3n) is 2.21. The van der Waals surface area contributed by atoms with Crippen LogP contribution in [0.1, 0.15) is 34.6 Å². The van der Waals surface area contributed by atoms with Crippen molar-refractivity contribution in [3.8, 4) is 0 Å². The fourth-order valence-corrected chi connectivity index (χ4v) is 0.602. The zero-order chi connectivity index (χ0) is 19.4. The van der Waals surface area contributed by atoms with E-state index in [1.807, 2.05) is 18.2 Å². The molecule has 1 rings (SSSR count). The van der Waals surface area contributed by atoms with Crippen LogP contribution in [0.5, 0.6) is 0 Å². The smallest absolute Gasteiger partial charge is 0.101 e. The second-order valence-corrected chi connectivity index (χ2v) is 3.77. The zero-order valence-electron chi connectivity index (χ0n) is 15.0. The maximum Gasteiger partial charge on any atom is 0.101 e. The number of pyridine rings is 1. The summed E-state index contributed by atoms with van der Waals surface area (Å²) in [6, 6.07) is 5.72. The van der Waals surface area contributed by atoms with E-state index in [0.717, 1.165) is 0 Å². The van der Waals surface area contributed by atoms with Gasteiger partial charge in [-0.15, -0.1) is 0 Å². The molecule has 1 heterocycles. The molecule has 0 amide bonds. The van der Waals surface area contributed by atoms with Gasteiger partial charge in [0.2, 0.25) is 0 Å². The normalized spacial score (nSPS) is 11.3. The maximum atomic E-state index is 8.03. The summed E-state index contributed by atoms with van der Waals surface area (Å²) in [6.45, 7) is 11.1. The Morgan fingerprint density at radius 3 is 0.960 bits per heavy atom. The van der Waals surface area contributed by atoms with Crippen molar-refractivity contribution in [1.29, 1.82) is 0 Å². The summed E-state index contributed by atoms with van der Waals surface area (Å²) < 4.78 is 0. The van der Waals surface area contributed by atoms with Crippen LogP contribution in [0, 0.1) is 6.92 Å². The quantitative estimate of drug-likeness (QED) is 0.261. The molecule has 145 valence electrons. The van der Waals surface area contributed by atoms with E-state index in [1.54, 1.807) is 19.3 Å². The van der Waals surface area contributed by atoms with Crippen molar-refractivity contribution in [2.75, 3.05) is 0 Å². The van der Waals surface area contributed by atoms with E-state index >= 15 is 0 Å². The van der Waals surface area contributed by atoms with Crippen molar-refractivity contribution >= 4 is 22.8 Å². The molecular weight excluding hydrogens is 373 g/mol. The van der Waals surface area contributed by atoms with Crippen molar-refractivity contribution in [2.24, 2.45) is 20.6 Å². The van der Waals surface area contributed by atoms with Gasteiger partial charge in [-0.2, -0.15) is 6.92 Å². The van der Waals surface area contributed by atoms with E-state index in [-0.39, 0.29) is 16.8 Å². The Labute approximate surface area is 158 Å².